The highest BCUT2D eigenvalue weighted by Gasteiger charge is 2.26. The van der Waals surface area contributed by atoms with Crippen LogP contribution in [-0.2, 0) is 6.42 Å². The van der Waals surface area contributed by atoms with Crippen LogP contribution >= 0.6 is 0 Å². The number of nitrogens with zero attached hydrogens (tertiary/aromatic N) is 2. The first-order valence-corrected chi connectivity index (χ1v) is 7.16. The minimum absolute atomic E-state index is 0.626. The lowest BCUT2D eigenvalue weighted by atomic mass is 10.1. The molecule has 0 bridgehead atoms. The van der Waals surface area contributed by atoms with Gasteiger partial charge in [0.1, 0.15) is 11.6 Å². The van der Waals surface area contributed by atoms with E-state index in [1.165, 1.54) is 18.4 Å². The molecule has 1 aromatic heterocycles. The highest BCUT2D eigenvalue weighted by Crippen LogP contribution is 2.40. The summed E-state index contributed by atoms with van der Waals surface area (Å²) in [4.78, 5) is 9.34. The highest BCUT2D eigenvalue weighted by atomic mass is 16.5. The molecule has 1 aliphatic carbocycles. The Bertz CT molecular complexity index is 665. The summed E-state index contributed by atoms with van der Waals surface area (Å²) in [5.74, 6) is 3.34. The van der Waals surface area contributed by atoms with E-state index in [4.69, 9.17) is 9.72 Å². The number of hydrogen-bond acceptors (Lipinski definition) is 4. The van der Waals surface area contributed by atoms with Crippen LogP contribution in [0.1, 0.15) is 30.0 Å². The first-order chi connectivity index (χ1) is 9.83. The van der Waals surface area contributed by atoms with Crippen molar-refractivity contribution in [2.75, 3.05) is 19.0 Å². The Morgan fingerprint density at radius 3 is 2.90 bits per heavy atom. The molecule has 4 rings (SSSR count). The van der Waals surface area contributed by atoms with Gasteiger partial charge in [0.2, 0.25) is 0 Å². The van der Waals surface area contributed by atoms with Gasteiger partial charge >= 0.3 is 0 Å². The Kier molecular flexibility index (Phi) is 2.62. The van der Waals surface area contributed by atoms with Crippen molar-refractivity contribution in [1.29, 1.82) is 0 Å². The maximum Gasteiger partial charge on any atom is 0.161 e. The third-order valence-corrected chi connectivity index (χ3v) is 3.95. The fraction of sp³-hybridized carbons (Fsp3) is 0.375. The number of benzene rings is 1. The number of fused-ring (bicyclic) bond motifs is 1. The van der Waals surface area contributed by atoms with Crippen LogP contribution in [0.5, 0.6) is 5.75 Å². The smallest absolute Gasteiger partial charge is 0.161 e. The van der Waals surface area contributed by atoms with Crippen molar-refractivity contribution in [3.05, 3.63) is 35.5 Å². The molecule has 2 heterocycles. The summed E-state index contributed by atoms with van der Waals surface area (Å²) >= 11 is 0. The molecule has 1 fully saturated rings. The molecule has 1 aromatic carbocycles. The molecule has 2 aliphatic rings. The molecule has 20 heavy (non-hydrogen) atoms. The van der Waals surface area contributed by atoms with Crippen LogP contribution in [0.25, 0.3) is 11.4 Å². The molecule has 0 spiro atoms. The van der Waals surface area contributed by atoms with Gasteiger partial charge in [0.05, 0.1) is 6.61 Å². The molecule has 0 amide bonds. The summed E-state index contributed by atoms with van der Waals surface area (Å²) in [6.07, 6.45) is 3.47. The lowest BCUT2D eigenvalue weighted by Crippen LogP contribution is -2.00. The van der Waals surface area contributed by atoms with E-state index in [2.05, 4.69) is 28.5 Å². The Hall–Kier alpha value is -2.10. The predicted molar refractivity (Wildman–Crippen MR) is 78.2 cm³/mol. The number of anilines is 1. The van der Waals surface area contributed by atoms with Crippen LogP contribution in [0, 0.1) is 0 Å². The molecule has 102 valence electrons. The number of aromatic nitrogens is 2. The van der Waals surface area contributed by atoms with Crippen molar-refractivity contribution in [2.24, 2.45) is 0 Å². The van der Waals surface area contributed by atoms with Gasteiger partial charge in [-0.25, -0.2) is 9.97 Å². The number of ether oxygens (including phenoxy) is 1. The molecule has 4 nitrogen and oxygen atoms in total. The van der Waals surface area contributed by atoms with Crippen LogP contribution in [0.3, 0.4) is 0 Å². The highest BCUT2D eigenvalue weighted by molar-refractivity contribution is 5.61. The fourth-order valence-electron chi connectivity index (χ4n) is 2.64. The SMILES string of the molecule is CNc1cc(C2CC2)nc(-c2ccc3c(c2)CCO3)n1. The number of rotatable bonds is 3. The van der Waals surface area contributed by atoms with Crippen molar-refractivity contribution in [1.82, 2.24) is 9.97 Å². The molecular formula is C16H17N3O. The van der Waals surface area contributed by atoms with E-state index in [-0.39, 0.29) is 0 Å². The summed E-state index contributed by atoms with van der Waals surface area (Å²) in [6.45, 7) is 0.781. The van der Waals surface area contributed by atoms with Crippen LogP contribution in [0.15, 0.2) is 24.3 Å². The van der Waals surface area contributed by atoms with Gasteiger partial charge in [-0.15, -0.1) is 0 Å². The molecule has 1 N–H and O–H groups in total. The van der Waals surface area contributed by atoms with E-state index in [0.29, 0.717) is 5.92 Å². The molecule has 0 saturated heterocycles. The summed E-state index contributed by atoms with van der Waals surface area (Å²) < 4.78 is 5.55. The van der Waals surface area contributed by atoms with E-state index in [1.807, 2.05) is 13.1 Å². The van der Waals surface area contributed by atoms with Crippen molar-refractivity contribution in [2.45, 2.75) is 25.2 Å². The minimum atomic E-state index is 0.626. The van der Waals surface area contributed by atoms with Gasteiger partial charge in [0.25, 0.3) is 0 Å². The molecule has 1 aliphatic heterocycles. The normalized spacial score (nSPS) is 16.6. The maximum atomic E-state index is 5.55. The second-order valence-electron chi connectivity index (χ2n) is 5.45. The van der Waals surface area contributed by atoms with E-state index in [9.17, 15) is 0 Å². The van der Waals surface area contributed by atoms with Crippen LogP contribution in [-0.4, -0.2) is 23.6 Å². The summed E-state index contributed by atoms with van der Waals surface area (Å²) in [7, 11) is 1.90. The predicted octanol–water partition coefficient (Wildman–Crippen LogP) is 3.00. The second kappa shape index (κ2) is 4.47. The van der Waals surface area contributed by atoms with Gasteiger partial charge < -0.3 is 10.1 Å². The largest absolute Gasteiger partial charge is 0.493 e. The van der Waals surface area contributed by atoms with E-state index in [1.54, 1.807) is 0 Å². The van der Waals surface area contributed by atoms with Gasteiger partial charge in [-0.3, -0.25) is 0 Å². The van der Waals surface area contributed by atoms with Crippen LogP contribution in [0.2, 0.25) is 0 Å². The van der Waals surface area contributed by atoms with Crippen LogP contribution in [0.4, 0.5) is 5.82 Å². The molecular weight excluding hydrogens is 250 g/mol. The van der Waals surface area contributed by atoms with E-state index >= 15 is 0 Å². The van der Waals surface area contributed by atoms with Gasteiger partial charge in [-0.1, -0.05) is 0 Å². The Morgan fingerprint density at radius 2 is 2.10 bits per heavy atom. The first-order valence-electron chi connectivity index (χ1n) is 7.16. The fourth-order valence-corrected chi connectivity index (χ4v) is 2.64. The van der Waals surface area contributed by atoms with Gasteiger partial charge in [0.15, 0.2) is 5.82 Å². The average Bonchev–Trinajstić information content (AvgIpc) is 3.24. The van der Waals surface area contributed by atoms with E-state index < -0.39 is 0 Å². The van der Waals surface area contributed by atoms with Gasteiger partial charge in [-0.05, 0) is 36.6 Å². The Labute approximate surface area is 118 Å². The van der Waals surface area contributed by atoms with Crippen molar-refractivity contribution >= 4 is 5.82 Å². The van der Waals surface area contributed by atoms with Crippen molar-refractivity contribution < 1.29 is 4.74 Å². The van der Waals surface area contributed by atoms with Crippen molar-refractivity contribution in [3.8, 4) is 17.1 Å². The monoisotopic (exact) mass is 267 g/mol. The van der Waals surface area contributed by atoms with Gasteiger partial charge in [0, 0.05) is 36.7 Å². The second-order valence-corrected chi connectivity index (χ2v) is 5.45. The first kappa shape index (κ1) is 11.7. The Balaban J connectivity index is 1.78. The average molecular weight is 267 g/mol. The molecule has 4 heteroatoms. The topological polar surface area (TPSA) is 47.0 Å². The molecule has 0 unspecified atom stereocenters. The molecule has 2 aromatic rings. The summed E-state index contributed by atoms with van der Waals surface area (Å²) in [6, 6.07) is 8.31. The third kappa shape index (κ3) is 2.01. The van der Waals surface area contributed by atoms with Crippen LogP contribution < -0.4 is 10.1 Å². The van der Waals surface area contributed by atoms with Crippen molar-refractivity contribution in [3.63, 3.8) is 0 Å². The minimum Gasteiger partial charge on any atom is -0.493 e. The van der Waals surface area contributed by atoms with Gasteiger partial charge in [-0.2, -0.15) is 0 Å². The molecule has 0 atom stereocenters. The lowest BCUT2D eigenvalue weighted by Gasteiger charge is -2.08. The zero-order chi connectivity index (χ0) is 13.5. The zero-order valence-corrected chi connectivity index (χ0v) is 11.5. The molecule has 1 saturated carbocycles. The Morgan fingerprint density at radius 1 is 1.20 bits per heavy atom. The van der Waals surface area contributed by atoms with E-state index in [0.717, 1.165) is 41.7 Å². The number of nitrogens with one attached hydrogen (secondary N) is 1. The maximum absolute atomic E-state index is 5.55. The number of hydrogen-bond donors (Lipinski definition) is 1. The lowest BCUT2D eigenvalue weighted by molar-refractivity contribution is 0.357. The zero-order valence-electron chi connectivity index (χ0n) is 11.5. The molecule has 0 radical (unpaired) electrons. The summed E-state index contributed by atoms with van der Waals surface area (Å²) in [5.41, 5.74) is 3.50. The standard InChI is InChI=1S/C16H17N3O/c1-17-15-9-13(10-2-3-10)18-16(19-15)12-4-5-14-11(8-12)6-7-20-14/h4-5,8-10H,2-3,6-7H2,1H3,(H,17,18,19). The summed E-state index contributed by atoms with van der Waals surface area (Å²) in [5, 5.41) is 3.14. The third-order valence-electron chi connectivity index (χ3n) is 3.95. The quantitative estimate of drug-likeness (QED) is 0.928.